The first-order valence-electron chi connectivity index (χ1n) is 7.92. The molecule has 0 bridgehead atoms. The van der Waals surface area contributed by atoms with Crippen LogP contribution in [0.4, 0.5) is 0 Å². The van der Waals surface area contributed by atoms with Gasteiger partial charge < -0.3 is 10.1 Å². The SMILES string of the molecule is COc1ccccc1-c1ccc(C(=O)NCCC(C)(C)C)cc1. The van der Waals surface area contributed by atoms with Crippen molar-refractivity contribution in [3.05, 3.63) is 54.1 Å². The van der Waals surface area contributed by atoms with E-state index < -0.39 is 0 Å². The summed E-state index contributed by atoms with van der Waals surface area (Å²) in [5, 5.41) is 2.97. The molecule has 0 aliphatic carbocycles. The van der Waals surface area contributed by atoms with Crippen LogP contribution in [0.5, 0.6) is 5.75 Å². The van der Waals surface area contributed by atoms with E-state index in [9.17, 15) is 4.79 Å². The van der Waals surface area contributed by atoms with Crippen molar-refractivity contribution in [3.8, 4) is 16.9 Å². The predicted octanol–water partition coefficient (Wildman–Crippen LogP) is 4.53. The molecule has 0 heterocycles. The van der Waals surface area contributed by atoms with Crippen LogP contribution in [0.15, 0.2) is 48.5 Å². The summed E-state index contributed by atoms with van der Waals surface area (Å²) < 4.78 is 5.38. The number of methoxy groups -OCH3 is 1. The molecule has 1 amide bonds. The molecule has 122 valence electrons. The Kier molecular flexibility index (Phi) is 5.43. The van der Waals surface area contributed by atoms with Gasteiger partial charge in [0.25, 0.3) is 5.91 Å². The second-order valence-electron chi connectivity index (χ2n) is 6.84. The Balaban J connectivity index is 2.06. The maximum atomic E-state index is 12.2. The quantitative estimate of drug-likeness (QED) is 0.881. The molecule has 0 aliphatic rings. The van der Waals surface area contributed by atoms with Crippen molar-refractivity contribution in [3.63, 3.8) is 0 Å². The zero-order chi connectivity index (χ0) is 16.9. The van der Waals surface area contributed by atoms with Gasteiger partial charge in [0.05, 0.1) is 7.11 Å². The van der Waals surface area contributed by atoms with Crippen LogP contribution in [0.25, 0.3) is 11.1 Å². The van der Waals surface area contributed by atoms with Crippen LogP contribution in [0.1, 0.15) is 37.6 Å². The van der Waals surface area contributed by atoms with Gasteiger partial charge in [-0.15, -0.1) is 0 Å². The van der Waals surface area contributed by atoms with Crippen LogP contribution in [0, 0.1) is 5.41 Å². The van der Waals surface area contributed by atoms with Gasteiger partial charge in [-0.25, -0.2) is 0 Å². The summed E-state index contributed by atoms with van der Waals surface area (Å²) in [5.41, 5.74) is 2.96. The zero-order valence-corrected chi connectivity index (χ0v) is 14.3. The summed E-state index contributed by atoms with van der Waals surface area (Å²) >= 11 is 0. The lowest BCUT2D eigenvalue weighted by atomic mass is 9.92. The highest BCUT2D eigenvalue weighted by atomic mass is 16.5. The molecular formula is C20H25NO2. The fraction of sp³-hybridized carbons (Fsp3) is 0.350. The summed E-state index contributed by atoms with van der Waals surface area (Å²) in [5.74, 6) is 0.802. The fourth-order valence-corrected chi connectivity index (χ4v) is 2.34. The molecule has 3 heteroatoms. The van der Waals surface area contributed by atoms with Gasteiger partial charge in [-0.2, -0.15) is 0 Å². The van der Waals surface area contributed by atoms with E-state index in [4.69, 9.17) is 4.74 Å². The number of hydrogen-bond donors (Lipinski definition) is 1. The smallest absolute Gasteiger partial charge is 0.251 e. The van der Waals surface area contributed by atoms with E-state index in [-0.39, 0.29) is 11.3 Å². The minimum atomic E-state index is -0.0270. The van der Waals surface area contributed by atoms with E-state index >= 15 is 0 Å². The molecule has 0 spiro atoms. The monoisotopic (exact) mass is 311 g/mol. The van der Waals surface area contributed by atoms with E-state index in [1.165, 1.54) is 0 Å². The number of benzene rings is 2. The Morgan fingerprint density at radius 3 is 2.30 bits per heavy atom. The molecule has 0 saturated carbocycles. The van der Waals surface area contributed by atoms with Crippen LogP contribution in [-0.4, -0.2) is 19.6 Å². The molecule has 2 aromatic carbocycles. The maximum Gasteiger partial charge on any atom is 0.251 e. The number of rotatable bonds is 5. The van der Waals surface area contributed by atoms with Crippen LogP contribution in [-0.2, 0) is 0 Å². The van der Waals surface area contributed by atoms with Gasteiger partial charge in [0.15, 0.2) is 0 Å². The maximum absolute atomic E-state index is 12.2. The Morgan fingerprint density at radius 1 is 1.04 bits per heavy atom. The number of nitrogens with one attached hydrogen (secondary N) is 1. The van der Waals surface area contributed by atoms with E-state index in [1.807, 2.05) is 48.5 Å². The third-order valence-electron chi connectivity index (χ3n) is 3.73. The number of ether oxygens (including phenoxy) is 1. The second kappa shape index (κ2) is 7.32. The number of carbonyl (C=O) groups is 1. The van der Waals surface area contributed by atoms with Gasteiger partial charge in [0.2, 0.25) is 0 Å². The molecule has 0 radical (unpaired) electrons. The average molecular weight is 311 g/mol. The molecule has 0 fully saturated rings. The molecule has 3 nitrogen and oxygen atoms in total. The topological polar surface area (TPSA) is 38.3 Å². The van der Waals surface area contributed by atoms with Gasteiger partial charge in [-0.3, -0.25) is 4.79 Å². The molecule has 0 saturated heterocycles. The van der Waals surface area contributed by atoms with E-state index in [2.05, 4.69) is 26.1 Å². The summed E-state index contributed by atoms with van der Waals surface area (Å²) in [6.07, 6.45) is 0.956. The lowest BCUT2D eigenvalue weighted by molar-refractivity contribution is 0.0949. The molecule has 23 heavy (non-hydrogen) atoms. The Labute approximate surface area is 138 Å². The number of para-hydroxylation sites is 1. The molecule has 1 N–H and O–H groups in total. The third-order valence-corrected chi connectivity index (χ3v) is 3.73. The largest absolute Gasteiger partial charge is 0.496 e. The lowest BCUT2D eigenvalue weighted by Crippen LogP contribution is -2.27. The van der Waals surface area contributed by atoms with Crippen LogP contribution in [0.3, 0.4) is 0 Å². The highest BCUT2D eigenvalue weighted by molar-refractivity contribution is 5.94. The normalized spacial score (nSPS) is 11.1. The van der Waals surface area contributed by atoms with Gasteiger partial charge in [-0.05, 0) is 35.6 Å². The molecular weight excluding hydrogens is 286 g/mol. The van der Waals surface area contributed by atoms with Crippen LogP contribution in [0.2, 0.25) is 0 Å². The van der Waals surface area contributed by atoms with Crippen LogP contribution >= 0.6 is 0 Å². The molecule has 2 aromatic rings. The third kappa shape index (κ3) is 4.85. The molecule has 0 unspecified atom stereocenters. The Morgan fingerprint density at radius 2 is 1.70 bits per heavy atom. The van der Waals surface area contributed by atoms with Gasteiger partial charge in [0, 0.05) is 17.7 Å². The first-order valence-corrected chi connectivity index (χ1v) is 7.92. The second-order valence-corrected chi connectivity index (χ2v) is 6.84. The summed E-state index contributed by atoms with van der Waals surface area (Å²) in [6.45, 7) is 7.19. The standard InChI is InChI=1S/C20H25NO2/c1-20(2,3)13-14-21-19(22)16-11-9-15(10-12-16)17-7-5-6-8-18(17)23-4/h5-12H,13-14H2,1-4H3,(H,21,22). The van der Waals surface area contributed by atoms with Crippen molar-refractivity contribution in [1.29, 1.82) is 0 Å². The van der Waals surface area contributed by atoms with E-state index in [0.29, 0.717) is 12.1 Å². The predicted molar refractivity (Wildman–Crippen MR) is 94.8 cm³/mol. The van der Waals surface area contributed by atoms with Crippen molar-refractivity contribution in [2.75, 3.05) is 13.7 Å². The first-order chi connectivity index (χ1) is 10.9. The molecule has 0 aromatic heterocycles. The number of amides is 1. The minimum absolute atomic E-state index is 0.0270. The fourth-order valence-electron chi connectivity index (χ4n) is 2.34. The van der Waals surface area contributed by atoms with Gasteiger partial charge in [-0.1, -0.05) is 51.1 Å². The van der Waals surface area contributed by atoms with Crippen molar-refractivity contribution in [2.24, 2.45) is 5.41 Å². The average Bonchev–Trinajstić information content (AvgIpc) is 2.53. The van der Waals surface area contributed by atoms with E-state index in [0.717, 1.165) is 23.3 Å². The van der Waals surface area contributed by atoms with Gasteiger partial charge >= 0.3 is 0 Å². The summed E-state index contributed by atoms with van der Waals surface area (Å²) in [7, 11) is 1.66. The molecule has 0 aliphatic heterocycles. The lowest BCUT2D eigenvalue weighted by Gasteiger charge is -2.18. The summed E-state index contributed by atoms with van der Waals surface area (Å²) in [4.78, 5) is 12.2. The highest BCUT2D eigenvalue weighted by Gasteiger charge is 2.12. The first kappa shape index (κ1) is 17.1. The number of hydrogen-bond acceptors (Lipinski definition) is 2. The van der Waals surface area contributed by atoms with Gasteiger partial charge in [0.1, 0.15) is 5.75 Å². The zero-order valence-electron chi connectivity index (χ0n) is 14.3. The Bertz CT molecular complexity index is 654. The van der Waals surface area contributed by atoms with Crippen molar-refractivity contribution >= 4 is 5.91 Å². The van der Waals surface area contributed by atoms with Crippen LogP contribution < -0.4 is 10.1 Å². The molecule has 0 atom stereocenters. The summed E-state index contributed by atoms with van der Waals surface area (Å²) in [6, 6.07) is 15.5. The van der Waals surface area contributed by atoms with Crippen molar-refractivity contribution < 1.29 is 9.53 Å². The van der Waals surface area contributed by atoms with Crippen molar-refractivity contribution in [1.82, 2.24) is 5.32 Å². The highest BCUT2D eigenvalue weighted by Crippen LogP contribution is 2.29. The minimum Gasteiger partial charge on any atom is -0.496 e. The van der Waals surface area contributed by atoms with E-state index in [1.54, 1.807) is 7.11 Å². The van der Waals surface area contributed by atoms with Crippen molar-refractivity contribution in [2.45, 2.75) is 27.2 Å². The molecule has 2 rings (SSSR count). The Hall–Kier alpha value is -2.29. The number of carbonyl (C=O) groups excluding carboxylic acids is 1.